The molecular weight excluding hydrogens is 331 g/mol. The Labute approximate surface area is 143 Å². The summed E-state index contributed by atoms with van der Waals surface area (Å²) in [6.45, 7) is 1.87. The molecule has 2 aromatic rings. The standard InChI is InChI=1S/C17H19FN2O3S/c1-2-3-14(17(22)23)20-15(21)9-13-10-24-16(19-13)8-11-4-6-12(18)7-5-11/h4-7,10,14H,2-3,8-9H2,1H3,(H,20,21)(H,22,23). The van der Waals surface area contributed by atoms with Gasteiger partial charge in [-0.05, 0) is 24.1 Å². The van der Waals surface area contributed by atoms with Gasteiger partial charge in [-0.25, -0.2) is 14.2 Å². The second-order valence-electron chi connectivity index (χ2n) is 5.46. The summed E-state index contributed by atoms with van der Waals surface area (Å²) in [5, 5.41) is 14.2. The highest BCUT2D eigenvalue weighted by atomic mass is 32.1. The Balaban J connectivity index is 1.91. The normalized spacial score (nSPS) is 11.9. The molecule has 0 bridgehead atoms. The molecule has 1 aromatic heterocycles. The third kappa shape index (κ3) is 5.42. The molecule has 0 saturated carbocycles. The molecule has 1 amide bonds. The molecular formula is C17H19FN2O3S. The van der Waals surface area contributed by atoms with Crippen LogP contribution in [0.25, 0.3) is 0 Å². The number of carbonyl (C=O) groups excluding carboxylic acids is 1. The van der Waals surface area contributed by atoms with Crippen molar-refractivity contribution in [1.82, 2.24) is 10.3 Å². The minimum atomic E-state index is -1.03. The molecule has 0 aliphatic carbocycles. The molecule has 0 radical (unpaired) electrons. The first-order valence-electron chi connectivity index (χ1n) is 7.67. The van der Waals surface area contributed by atoms with Gasteiger partial charge in [-0.2, -0.15) is 0 Å². The molecule has 0 fully saturated rings. The van der Waals surface area contributed by atoms with E-state index in [-0.39, 0.29) is 18.1 Å². The number of nitrogens with one attached hydrogen (secondary N) is 1. The Morgan fingerprint density at radius 2 is 2.04 bits per heavy atom. The molecule has 0 aliphatic rings. The molecule has 2 rings (SSSR count). The van der Waals surface area contributed by atoms with Gasteiger partial charge in [-0.3, -0.25) is 4.79 Å². The van der Waals surface area contributed by atoms with Crippen LogP contribution in [0.1, 0.15) is 36.0 Å². The Kier molecular flexibility index (Phi) is 6.43. The van der Waals surface area contributed by atoms with Gasteiger partial charge < -0.3 is 10.4 Å². The fourth-order valence-electron chi connectivity index (χ4n) is 2.24. The van der Waals surface area contributed by atoms with E-state index in [9.17, 15) is 14.0 Å². The van der Waals surface area contributed by atoms with E-state index in [4.69, 9.17) is 5.11 Å². The number of aliphatic carboxylic acids is 1. The van der Waals surface area contributed by atoms with Crippen molar-refractivity contribution >= 4 is 23.2 Å². The molecule has 24 heavy (non-hydrogen) atoms. The summed E-state index contributed by atoms with van der Waals surface area (Å²) in [4.78, 5) is 27.4. The van der Waals surface area contributed by atoms with Crippen LogP contribution in [0.3, 0.4) is 0 Å². The lowest BCUT2D eigenvalue weighted by molar-refractivity contribution is -0.141. The van der Waals surface area contributed by atoms with Crippen molar-refractivity contribution in [2.75, 3.05) is 0 Å². The average Bonchev–Trinajstić information content (AvgIpc) is 2.96. The molecule has 1 aromatic carbocycles. The van der Waals surface area contributed by atoms with Crippen molar-refractivity contribution in [2.45, 2.75) is 38.6 Å². The highest BCUT2D eigenvalue weighted by Gasteiger charge is 2.19. The van der Waals surface area contributed by atoms with E-state index in [0.717, 1.165) is 10.6 Å². The van der Waals surface area contributed by atoms with E-state index < -0.39 is 12.0 Å². The fourth-order valence-corrected chi connectivity index (χ4v) is 3.07. The minimum absolute atomic E-state index is 0.0490. The summed E-state index contributed by atoms with van der Waals surface area (Å²) in [6.07, 6.45) is 1.69. The minimum Gasteiger partial charge on any atom is -0.480 e. The first kappa shape index (κ1) is 18.1. The first-order valence-corrected chi connectivity index (χ1v) is 8.55. The first-order chi connectivity index (χ1) is 11.5. The van der Waals surface area contributed by atoms with Gasteiger partial charge in [0.1, 0.15) is 11.9 Å². The van der Waals surface area contributed by atoms with Crippen LogP contribution >= 0.6 is 11.3 Å². The number of aromatic nitrogens is 1. The van der Waals surface area contributed by atoms with E-state index in [1.807, 2.05) is 6.92 Å². The van der Waals surface area contributed by atoms with Gasteiger partial charge in [-0.15, -0.1) is 11.3 Å². The van der Waals surface area contributed by atoms with Gasteiger partial charge in [0.15, 0.2) is 0 Å². The van der Waals surface area contributed by atoms with Crippen molar-refractivity contribution < 1.29 is 19.1 Å². The van der Waals surface area contributed by atoms with Crippen molar-refractivity contribution in [1.29, 1.82) is 0 Å². The van der Waals surface area contributed by atoms with Gasteiger partial charge in [0.2, 0.25) is 5.91 Å². The van der Waals surface area contributed by atoms with E-state index in [1.165, 1.54) is 23.5 Å². The number of hydrogen-bond acceptors (Lipinski definition) is 4. The van der Waals surface area contributed by atoms with Gasteiger partial charge in [0, 0.05) is 11.8 Å². The molecule has 0 saturated heterocycles. The van der Waals surface area contributed by atoms with Crippen LogP contribution in [0.15, 0.2) is 29.6 Å². The highest BCUT2D eigenvalue weighted by molar-refractivity contribution is 7.09. The van der Waals surface area contributed by atoms with Crippen molar-refractivity contribution in [3.05, 3.63) is 51.7 Å². The monoisotopic (exact) mass is 350 g/mol. The van der Waals surface area contributed by atoms with E-state index >= 15 is 0 Å². The van der Waals surface area contributed by atoms with E-state index in [0.29, 0.717) is 25.0 Å². The Morgan fingerprint density at radius 3 is 2.67 bits per heavy atom. The molecule has 1 heterocycles. The maximum Gasteiger partial charge on any atom is 0.326 e. The third-order valence-electron chi connectivity index (χ3n) is 3.42. The smallest absolute Gasteiger partial charge is 0.326 e. The molecule has 1 atom stereocenters. The molecule has 7 heteroatoms. The number of thiazole rings is 1. The Morgan fingerprint density at radius 1 is 1.33 bits per heavy atom. The fraction of sp³-hybridized carbons (Fsp3) is 0.353. The van der Waals surface area contributed by atoms with Gasteiger partial charge >= 0.3 is 5.97 Å². The lowest BCUT2D eigenvalue weighted by Gasteiger charge is -2.12. The van der Waals surface area contributed by atoms with Crippen LogP contribution in [0, 0.1) is 5.82 Å². The lowest BCUT2D eigenvalue weighted by Crippen LogP contribution is -2.41. The second kappa shape index (κ2) is 8.54. The average molecular weight is 350 g/mol. The number of carboxylic acid groups (broad SMARTS) is 1. The van der Waals surface area contributed by atoms with Crippen molar-refractivity contribution in [3.63, 3.8) is 0 Å². The topological polar surface area (TPSA) is 79.3 Å². The Bertz CT molecular complexity index is 700. The molecule has 128 valence electrons. The van der Waals surface area contributed by atoms with Gasteiger partial charge in [0.25, 0.3) is 0 Å². The van der Waals surface area contributed by atoms with Gasteiger partial charge in [-0.1, -0.05) is 25.5 Å². The number of carboxylic acids is 1. The predicted molar refractivity (Wildman–Crippen MR) is 89.5 cm³/mol. The summed E-state index contributed by atoms with van der Waals surface area (Å²) in [6, 6.07) is 5.34. The van der Waals surface area contributed by atoms with Crippen molar-refractivity contribution in [2.24, 2.45) is 0 Å². The zero-order valence-electron chi connectivity index (χ0n) is 13.3. The summed E-state index contributed by atoms with van der Waals surface area (Å²) in [5.41, 5.74) is 1.55. The molecule has 5 nitrogen and oxygen atoms in total. The van der Waals surface area contributed by atoms with E-state index in [2.05, 4.69) is 10.3 Å². The lowest BCUT2D eigenvalue weighted by atomic mass is 10.1. The molecule has 0 spiro atoms. The summed E-state index contributed by atoms with van der Waals surface area (Å²) >= 11 is 1.42. The summed E-state index contributed by atoms with van der Waals surface area (Å²) in [5.74, 6) is -1.66. The SMILES string of the molecule is CCCC(NC(=O)Cc1csc(Cc2ccc(F)cc2)n1)C(=O)O. The molecule has 1 unspecified atom stereocenters. The number of nitrogens with zero attached hydrogens (tertiary/aromatic N) is 1. The second-order valence-corrected chi connectivity index (χ2v) is 6.40. The number of halogens is 1. The van der Waals surface area contributed by atoms with Crippen LogP contribution < -0.4 is 5.32 Å². The predicted octanol–water partition coefficient (Wildman–Crippen LogP) is 2.79. The maximum atomic E-state index is 12.9. The van der Waals surface area contributed by atoms with Gasteiger partial charge in [0.05, 0.1) is 17.1 Å². The van der Waals surface area contributed by atoms with Crippen LogP contribution in [0.2, 0.25) is 0 Å². The summed E-state index contributed by atoms with van der Waals surface area (Å²) in [7, 11) is 0. The number of rotatable bonds is 8. The number of hydrogen-bond donors (Lipinski definition) is 2. The van der Waals surface area contributed by atoms with E-state index in [1.54, 1.807) is 17.5 Å². The maximum absolute atomic E-state index is 12.9. The molecule has 2 N–H and O–H groups in total. The largest absolute Gasteiger partial charge is 0.480 e. The highest BCUT2D eigenvalue weighted by Crippen LogP contribution is 2.16. The number of carbonyl (C=O) groups is 2. The zero-order chi connectivity index (χ0) is 17.5. The molecule has 0 aliphatic heterocycles. The summed E-state index contributed by atoms with van der Waals surface area (Å²) < 4.78 is 12.9. The van der Waals surface area contributed by atoms with Crippen LogP contribution in [0.5, 0.6) is 0 Å². The van der Waals surface area contributed by atoms with Crippen LogP contribution in [-0.4, -0.2) is 28.0 Å². The van der Waals surface area contributed by atoms with Crippen molar-refractivity contribution in [3.8, 4) is 0 Å². The third-order valence-corrected chi connectivity index (χ3v) is 4.32. The zero-order valence-corrected chi connectivity index (χ0v) is 14.1. The Hall–Kier alpha value is -2.28. The quantitative estimate of drug-likeness (QED) is 0.767. The number of benzene rings is 1. The number of amides is 1. The van der Waals surface area contributed by atoms with Crippen LogP contribution in [0.4, 0.5) is 4.39 Å². The van der Waals surface area contributed by atoms with Crippen LogP contribution in [-0.2, 0) is 22.4 Å².